The lowest BCUT2D eigenvalue weighted by atomic mass is 9.96. The fraction of sp³-hybridized carbons (Fsp3) is 0.231. The molecule has 18 heavy (non-hydrogen) atoms. The van der Waals surface area contributed by atoms with Crippen molar-refractivity contribution >= 4 is 0 Å². The number of halogens is 3. The summed E-state index contributed by atoms with van der Waals surface area (Å²) in [6.45, 7) is 1.71. The lowest BCUT2D eigenvalue weighted by molar-refractivity contribution is -0.138. The van der Waals surface area contributed by atoms with Crippen molar-refractivity contribution in [3.05, 3.63) is 59.0 Å². The van der Waals surface area contributed by atoms with E-state index in [0.29, 0.717) is 11.3 Å². The van der Waals surface area contributed by atoms with Gasteiger partial charge in [0.2, 0.25) is 0 Å². The van der Waals surface area contributed by atoms with E-state index >= 15 is 0 Å². The molecule has 5 heteroatoms. The summed E-state index contributed by atoms with van der Waals surface area (Å²) in [7, 11) is 0. The Kier molecular flexibility index (Phi) is 3.17. The number of hydrogen-bond donors (Lipinski definition) is 1. The zero-order chi connectivity index (χ0) is 13.3. The number of furan rings is 1. The molecule has 2 aromatic rings. The second kappa shape index (κ2) is 4.49. The van der Waals surface area contributed by atoms with Gasteiger partial charge in [0.25, 0.3) is 0 Å². The molecule has 0 saturated carbocycles. The van der Waals surface area contributed by atoms with E-state index in [4.69, 9.17) is 10.2 Å². The standard InChI is InChI=1S/C13H12F3NO/c1-8-6-9(7-18-8)12(17)10-4-2-3-5-11(10)13(14,15)16/h2-7,12H,17H2,1H3. The first-order valence-electron chi connectivity index (χ1n) is 5.36. The van der Waals surface area contributed by atoms with Crippen LogP contribution in [0.3, 0.4) is 0 Å². The van der Waals surface area contributed by atoms with Crippen LogP contribution in [0.15, 0.2) is 41.0 Å². The lowest BCUT2D eigenvalue weighted by Crippen LogP contribution is -2.17. The summed E-state index contributed by atoms with van der Waals surface area (Å²) in [6.07, 6.45) is -3.03. The van der Waals surface area contributed by atoms with Crippen LogP contribution in [0.5, 0.6) is 0 Å². The number of aryl methyl sites for hydroxylation is 1. The molecule has 1 unspecified atom stereocenters. The van der Waals surface area contributed by atoms with Gasteiger partial charge in [-0.05, 0) is 24.6 Å². The Hall–Kier alpha value is -1.75. The van der Waals surface area contributed by atoms with E-state index in [0.717, 1.165) is 6.07 Å². The van der Waals surface area contributed by atoms with Crippen LogP contribution >= 0.6 is 0 Å². The molecular weight excluding hydrogens is 243 g/mol. The van der Waals surface area contributed by atoms with Crippen molar-refractivity contribution < 1.29 is 17.6 Å². The highest BCUT2D eigenvalue weighted by Crippen LogP contribution is 2.35. The van der Waals surface area contributed by atoms with Crippen molar-refractivity contribution in [1.82, 2.24) is 0 Å². The van der Waals surface area contributed by atoms with Crippen LogP contribution < -0.4 is 5.73 Å². The van der Waals surface area contributed by atoms with Crippen molar-refractivity contribution in [1.29, 1.82) is 0 Å². The molecule has 0 bridgehead atoms. The van der Waals surface area contributed by atoms with Gasteiger partial charge in [0.1, 0.15) is 5.76 Å². The predicted octanol–water partition coefficient (Wildman–Crippen LogP) is 3.65. The molecule has 0 spiro atoms. The van der Waals surface area contributed by atoms with Crippen molar-refractivity contribution in [2.45, 2.75) is 19.1 Å². The van der Waals surface area contributed by atoms with Crippen molar-refractivity contribution in [2.75, 3.05) is 0 Å². The monoisotopic (exact) mass is 255 g/mol. The van der Waals surface area contributed by atoms with Crippen LogP contribution in [-0.4, -0.2) is 0 Å². The molecule has 2 nitrogen and oxygen atoms in total. The van der Waals surface area contributed by atoms with E-state index < -0.39 is 17.8 Å². The average Bonchev–Trinajstić information content (AvgIpc) is 2.74. The summed E-state index contributed by atoms with van der Waals surface area (Å²) >= 11 is 0. The largest absolute Gasteiger partial charge is 0.469 e. The summed E-state index contributed by atoms with van der Waals surface area (Å²) < 4.78 is 43.6. The van der Waals surface area contributed by atoms with Gasteiger partial charge in [-0.1, -0.05) is 18.2 Å². The van der Waals surface area contributed by atoms with E-state index in [1.165, 1.54) is 24.5 Å². The first kappa shape index (κ1) is 12.7. The van der Waals surface area contributed by atoms with E-state index in [9.17, 15) is 13.2 Å². The van der Waals surface area contributed by atoms with Gasteiger partial charge in [0.15, 0.2) is 0 Å². The zero-order valence-corrected chi connectivity index (χ0v) is 9.66. The Bertz CT molecular complexity index is 545. The predicted molar refractivity (Wildman–Crippen MR) is 60.9 cm³/mol. The molecule has 2 rings (SSSR count). The van der Waals surface area contributed by atoms with E-state index in [1.807, 2.05) is 0 Å². The van der Waals surface area contributed by atoms with Crippen LogP contribution in [-0.2, 0) is 6.18 Å². The Labute approximate surface area is 102 Å². The first-order valence-corrected chi connectivity index (χ1v) is 5.36. The summed E-state index contributed by atoms with van der Waals surface area (Å²) in [5.74, 6) is 0.616. The van der Waals surface area contributed by atoms with E-state index in [2.05, 4.69) is 0 Å². The molecule has 2 N–H and O–H groups in total. The van der Waals surface area contributed by atoms with Crippen molar-refractivity contribution in [3.63, 3.8) is 0 Å². The molecule has 1 aromatic carbocycles. The highest BCUT2D eigenvalue weighted by atomic mass is 19.4. The summed E-state index contributed by atoms with van der Waals surface area (Å²) in [5, 5.41) is 0. The van der Waals surface area contributed by atoms with Crippen molar-refractivity contribution in [3.8, 4) is 0 Å². The van der Waals surface area contributed by atoms with Crippen LogP contribution in [0.2, 0.25) is 0 Å². The second-order valence-corrected chi connectivity index (χ2v) is 4.05. The highest BCUT2D eigenvalue weighted by molar-refractivity contribution is 5.38. The Morgan fingerprint density at radius 3 is 2.44 bits per heavy atom. The number of hydrogen-bond acceptors (Lipinski definition) is 2. The average molecular weight is 255 g/mol. The van der Waals surface area contributed by atoms with Crippen LogP contribution in [0.4, 0.5) is 13.2 Å². The molecule has 0 fully saturated rings. The minimum atomic E-state index is -4.41. The first-order chi connectivity index (χ1) is 8.39. The second-order valence-electron chi connectivity index (χ2n) is 4.05. The summed E-state index contributed by atoms with van der Waals surface area (Å²) in [4.78, 5) is 0. The molecular formula is C13H12F3NO. The third kappa shape index (κ3) is 2.41. The Balaban J connectivity index is 2.45. The van der Waals surface area contributed by atoms with Gasteiger partial charge < -0.3 is 10.2 Å². The van der Waals surface area contributed by atoms with Gasteiger partial charge in [-0.3, -0.25) is 0 Å². The number of nitrogens with two attached hydrogens (primary N) is 1. The molecule has 96 valence electrons. The van der Waals surface area contributed by atoms with Crippen LogP contribution in [0, 0.1) is 6.92 Å². The van der Waals surface area contributed by atoms with Gasteiger partial charge in [-0.15, -0.1) is 0 Å². The number of alkyl halides is 3. The summed E-state index contributed by atoms with van der Waals surface area (Å²) in [6, 6.07) is 6.09. The third-order valence-corrected chi connectivity index (χ3v) is 2.71. The highest BCUT2D eigenvalue weighted by Gasteiger charge is 2.34. The quantitative estimate of drug-likeness (QED) is 0.889. The maximum Gasteiger partial charge on any atom is 0.416 e. The molecule has 0 aliphatic rings. The molecule has 0 aliphatic heterocycles. The van der Waals surface area contributed by atoms with E-state index in [-0.39, 0.29) is 5.56 Å². The van der Waals surface area contributed by atoms with Crippen molar-refractivity contribution in [2.24, 2.45) is 5.73 Å². The minimum Gasteiger partial charge on any atom is -0.469 e. The lowest BCUT2D eigenvalue weighted by Gasteiger charge is -2.17. The smallest absolute Gasteiger partial charge is 0.416 e. The van der Waals surface area contributed by atoms with Gasteiger partial charge in [-0.25, -0.2) is 0 Å². The molecule has 0 radical (unpaired) electrons. The van der Waals surface area contributed by atoms with E-state index in [1.54, 1.807) is 13.0 Å². The molecule has 1 heterocycles. The van der Waals surface area contributed by atoms with Gasteiger partial charge in [0.05, 0.1) is 17.9 Å². The fourth-order valence-corrected chi connectivity index (χ4v) is 1.83. The molecule has 0 aliphatic carbocycles. The fourth-order valence-electron chi connectivity index (χ4n) is 1.83. The minimum absolute atomic E-state index is 0.0470. The SMILES string of the molecule is Cc1cc(C(N)c2ccccc2C(F)(F)F)co1. The number of rotatable bonds is 2. The van der Waals surface area contributed by atoms with Gasteiger partial charge in [-0.2, -0.15) is 13.2 Å². The topological polar surface area (TPSA) is 39.2 Å². The van der Waals surface area contributed by atoms with Gasteiger partial charge >= 0.3 is 6.18 Å². The normalized spacial score (nSPS) is 13.6. The molecule has 1 atom stereocenters. The Morgan fingerprint density at radius 1 is 1.22 bits per heavy atom. The molecule has 0 amide bonds. The molecule has 0 saturated heterocycles. The van der Waals surface area contributed by atoms with Gasteiger partial charge in [0, 0.05) is 5.56 Å². The van der Waals surface area contributed by atoms with Crippen LogP contribution in [0.25, 0.3) is 0 Å². The number of benzene rings is 1. The third-order valence-electron chi connectivity index (χ3n) is 2.71. The molecule has 1 aromatic heterocycles. The maximum atomic E-state index is 12.9. The van der Waals surface area contributed by atoms with Crippen LogP contribution in [0.1, 0.15) is 28.5 Å². The maximum absolute atomic E-state index is 12.9. The zero-order valence-electron chi connectivity index (χ0n) is 9.66. The Morgan fingerprint density at radius 2 is 1.89 bits per heavy atom. The summed E-state index contributed by atoms with van der Waals surface area (Å²) in [5.41, 5.74) is 5.73.